The van der Waals surface area contributed by atoms with Crippen LogP contribution in [-0.2, 0) is 33.2 Å². The third-order valence-corrected chi connectivity index (χ3v) is 12.7. The van der Waals surface area contributed by atoms with Gasteiger partial charge in [0.05, 0.1) is 26.4 Å². The molecule has 0 aromatic heterocycles. The van der Waals surface area contributed by atoms with Gasteiger partial charge in [-0.05, 0) is 77.0 Å². The van der Waals surface area contributed by atoms with Crippen molar-refractivity contribution in [2.75, 3.05) is 33.0 Å². The Bertz CT molecular complexity index is 1450. The molecule has 14 heteroatoms. The highest BCUT2D eigenvalue weighted by molar-refractivity contribution is 5.69. The molecule has 2 aliphatic heterocycles. The van der Waals surface area contributed by atoms with Gasteiger partial charge >= 0.3 is 5.97 Å². The fourth-order valence-corrected chi connectivity index (χ4v) is 8.25. The number of carbonyl (C=O) groups excluding carboxylic acids is 1. The summed E-state index contributed by atoms with van der Waals surface area (Å²) in [5, 5.41) is 72.2. The summed E-state index contributed by atoms with van der Waals surface area (Å²) in [5.74, 6) is -0.394. The zero-order valence-corrected chi connectivity index (χ0v) is 43.7. The monoisotopic (exact) mass is 1010 g/mol. The quantitative estimate of drug-likeness (QED) is 0.0173. The summed E-state index contributed by atoms with van der Waals surface area (Å²) in [6.45, 7) is 3.47. The molecule has 0 aliphatic carbocycles. The van der Waals surface area contributed by atoms with Gasteiger partial charge < -0.3 is 64.2 Å². The molecule has 2 rings (SSSR count). The first-order valence-electron chi connectivity index (χ1n) is 27.5. The van der Waals surface area contributed by atoms with Crippen molar-refractivity contribution in [1.29, 1.82) is 0 Å². The van der Waals surface area contributed by atoms with Gasteiger partial charge in [0.2, 0.25) is 0 Å². The number of hydrogen-bond donors (Lipinski definition) is 7. The lowest BCUT2D eigenvalue weighted by Gasteiger charge is -2.42. The maximum absolute atomic E-state index is 13.0. The van der Waals surface area contributed by atoms with Crippen molar-refractivity contribution >= 4 is 5.97 Å². The molecule has 2 fully saturated rings. The van der Waals surface area contributed by atoms with Crippen LogP contribution in [-0.4, -0.2) is 142 Å². The summed E-state index contributed by atoms with van der Waals surface area (Å²) < 4.78 is 34.3. The van der Waals surface area contributed by atoms with E-state index in [1.54, 1.807) is 0 Å². The largest absolute Gasteiger partial charge is 0.457 e. The van der Waals surface area contributed by atoms with Gasteiger partial charge in [0, 0.05) is 13.0 Å². The molecule has 0 bridgehead atoms. The van der Waals surface area contributed by atoms with Crippen LogP contribution in [0.15, 0.2) is 72.9 Å². The van der Waals surface area contributed by atoms with Crippen LogP contribution in [0.2, 0.25) is 0 Å². The molecule has 0 radical (unpaired) electrons. The van der Waals surface area contributed by atoms with Gasteiger partial charge in [0.15, 0.2) is 12.6 Å². The third kappa shape index (κ3) is 31.0. The second-order valence-electron chi connectivity index (χ2n) is 19.0. The van der Waals surface area contributed by atoms with E-state index in [4.69, 9.17) is 28.4 Å². The van der Waals surface area contributed by atoms with Crippen molar-refractivity contribution in [3.63, 3.8) is 0 Å². The maximum atomic E-state index is 13.0. The first kappa shape index (κ1) is 64.5. The third-order valence-electron chi connectivity index (χ3n) is 12.7. The number of ether oxygens (including phenoxy) is 6. The predicted octanol–water partition coefficient (Wildman–Crippen LogP) is 9.08. The molecule has 0 spiro atoms. The van der Waals surface area contributed by atoms with Gasteiger partial charge in [-0.15, -0.1) is 0 Å². The molecule has 0 amide bonds. The fraction of sp³-hybridized carbons (Fsp3) is 0.772. The Kier molecular flexibility index (Phi) is 39.8. The summed E-state index contributed by atoms with van der Waals surface area (Å²) in [5.41, 5.74) is 0. The van der Waals surface area contributed by atoms with E-state index in [2.05, 4.69) is 86.8 Å². The molecule has 0 aromatic carbocycles. The highest BCUT2D eigenvalue weighted by Crippen LogP contribution is 2.26. The lowest BCUT2D eigenvalue weighted by molar-refractivity contribution is -0.332. The van der Waals surface area contributed by atoms with Gasteiger partial charge in [0.1, 0.15) is 54.9 Å². The molecular weight excluding hydrogens is 909 g/mol. The molecular formula is C57H98O14. The molecule has 71 heavy (non-hydrogen) atoms. The standard InChI is InChI=1S/C57H98O14/c1-3-5-7-9-11-13-15-17-18-19-20-21-22-23-24-25-26-27-29-31-33-35-37-39-41-66-43-46(69-49(59)40-38-36-34-32-30-28-16-14-12-10-8-6-4-2)44-67-56-55(65)53(63)51(61)48(71-56)45-68-57-54(64)52(62)50(60)47(42-58)70-57/h5,7-8,10-11,13-14,16-18,20-21,46-48,50-58,60-65H,3-4,6,9,12,15,19,22-45H2,1-2H3/b7-5-,10-8-,13-11-,16-14-,18-17-,21-20-. The summed E-state index contributed by atoms with van der Waals surface area (Å²) in [6, 6.07) is 0. The van der Waals surface area contributed by atoms with E-state index in [1.165, 1.54) is 51.4 Å². The number of unbranched alkanes of at least 4 members (excludes halogenated alkanes) is 17. The minimum atomic E-state index is -1.71. The van der Waals surface area contributed by atoms with Crippen molar-refractivity contribution in [2.24, 2.45) is 0 Å². The highest BCUT2D eigenvalue weighted by Gasteiger charge is 2.47. The topological polar surface area (TPSA) is 214 Å². The minimum Gasteiger partial charge on any atom is -0.457 e. The van der Waals surface area contributed by atoms with Crippen LogP contribution in [0.3, 0.4) is 0 Å². The van der Waals surface area contributed by atoms with Gasteiger partial charge in [-0.2, -0.15) is 0 Å². The van der Waals surface area contributed by atoms with E-state index < -0.39 is 86.7 Å². The van der Waals surface area contributed by atoms with E-state index in [0.717, 1.165) is 103 Å². The average Bonchev–Trinajstić information content (AvgIpc) is 3.37. The Morgan fingerprint density at radius 2 is 0.915 bits per heavy atom. The number of rotatable bonds is 43. The zero-order valence-electron chi connectivity index (χ0n) is 43.7. The van der Waals surface area contributed by atoms with Crippen LogP contribution >= 0.6 is 0 Å². The number of esters is 1. The molecule has 0 saturated carbocycles. The molecule has 14 nitrogen and oxygen atoms in total. The van der Waals surface area contributed by atoms with Gasteiger partial charge in [-0.25, -0.2) is 0 Å². The van der Waals surface area contributed by atoms with Crippen LogP contribution < -0.4 is 0 Å². The molecule has 410 valence electrons. The van der Waals surface area contributed by atoms with Crippen LogP contribution in [0, 0.1) is 0 Å². The summed E-state index contributed by atoms with van der Waals surface area (Å²) >= 11 is 0. The molecule has 11 unspecified atom stereocenters. The first-order valence-corrected chi connectivity index (χ1v) is 27.5. The molecule has 7 N–H and O–H groups in total. The minimum absolute atomic E-state index is 0.0503. The van der Waals surface area contributed by atoms with Gasteiger partial charge in [-0.1, -0.05) is 170 Å². The Labute approximate surface area is 427 Å². The van der Waals surface area contributed by atoms with Crippen LogP contribution in [0.5, 0.6) is 0 Å². The smallest absolute Gasteiger partial charge is 0.306 e. The van der Waals surface area contributed by atoms with Crippen molar-refractivity contribution in [1.82, 2.24) is 0 Å². The van der Waals surface area contributed by atoms with Crippen molar-refractivity contribution in [3.8, 4) is 0 Å². The summed E-state index contributed by atoms with van der Waals surface area (Å²) in [6.07, 6.45) is 38.2. The summed E-state index contributed by atoms with van der Waals surface area (Å²) in [7, 11) is 0. The molecule has 11 atom stereocenters. The predicted molar refractivity (Wildman–Crippen MR) is 279 cm³/mol. The Morgan fingerprint density at radius 1 is 0.479 bits per heavy atom. The number of carbonyl (C=O) groups is 1. The van der Waals surface area contributed by atoms with Crippen molar-refractivity contribution in [2.45, 2.75) is 248 Å². The SMILES string of the molecule is CC/C=C\C/C=C\C/C=C\C/C=C\CCCCCCCCCCCCCOCC(COC1OC(COC2OC(CO)C(O)C(O)C2O)C(O)C(O)C1O)OC(=O)CCCCCCC/C=C\C/C=C\CCC. The zero-order chi connectivity index (χ0) is 51.6. The molecule has 2 heterocycles. The Morgan fingerprint density at radius 3 is 1.44 bits per heavy atom. The van der Waals surface area contributed by atoms with E-state index >= 15 is 0 Å². The number of aliphatic hydroxyl groups excluding tert-OH is 7. The lowest BCUT2D eigenvalue weighted by Crippen LogP contribution is -2.61. The highest BCUT2D eigenvalue weighted by atomic mass is 16.7. The molecule has 2 aliphatic rings. The first-order chi connectivity index (χ1) is 34.6. The molecule has 2 saturated heterocycles. The van der Waals surface area contributed by atoms with E-state index in [0.29, 0.717) is 13.0 Å². The van der Waals surface area contributed by atoms with E-state index in [-0.39, 0.29) is 19.6 Å². The lowest BCUT2D eigenvalue weighted by atomic mass is 9.98. The summed E-state index contributed by atoms with van der Waals surface area (Å²) in [4.78, 5) is 13.0. The van der Waals surface area contributed by atoms with Gasteiger partial charge in [0.25, 0.3) is 0 Å². The number of hydrogen-bond acceptors (Lipinski definition) is 14. The molecule has 0 aromatic rings. The van der Waals surface area contributed by atoms with Crippen molar-refractivity contribution in [3.05, 3.63) is 72.9 Å². The second kappa shape index (κ2) is 43.8. The van der Waals surface area contributed by atoms with Crippen LogP contribution in [0.4, 0.5) is 0 Å². The Balaban J connectivity index is 1.71. The van der Waals surface area contributed by atoms with Gasteiger partial charge in [-0.3, -0.25) is 4.79 Å². The number of allylic oxidation sites excluding steroid dienone is 12. The second-order valence-corrected chi connectivity index (χ2v) is 19.0. The van der Waals surface area contributed by atoms with Crippen LogP contribution in [0.1, 0.15) is 181 Å². The van der Waals surface area contributed by atoms with Crippen molar-refractivity contribution < 1.29 is 69.0 Å². The van der Waals surface area contributed by atoms with E-state index in [9.17, 15) is 40.5 Å². The number of aliphatic hydroxyl groups is 7. The van der Waals surface area contributed by atoms with Crippen LogP contribution in [0.25, 0.3) is 0 Å². The average molecular weight is 1010 g/mol. The fourth-order valence-electron chi connectivity index (χ4n) is 8.25. The Hall–Kier alpha value is -2.57. The maximum Gasteiger partial charge on any atom is 0.306 e. The normalized spacial score (nSPS) is 25.9. The van der Waals surface area contributed by atoms with E-state index in [1.807, 2.05) is 0 Å².